The lowest BCUT2D eigenvalue weighted by Crippen LogP contribution is -2.40. The zero-order valence-corrected chi connectivity index (χ0v) is 14.5. The summed E-state index contributed by atoms with van der Waals surface area (Å²) in [5.41, 5.74) is 0.691. The van der Waals surface area contributed by atoms with Crippen LogP contribution in [0.15, 0.2) is 42.6 Å². The van der Waals surface area contributed by atoms with Gasteiger partial charge in [-0.05, 0) is 43.0 Å². The molecule has 0 unspecified atom stereocenters. The summed E-state index contributed by atoms with van der Waals surface area (Å²) in [7, 11) is 0. The predicted octanol–water partition coefficient (Wildman–Crippen LogP) is 2.85. The van der Waals surface area contributed by atoms with Crippen molar-refractivity contribution in [2.75, 3.05) is 36.6 Å². The topological polar surface area (TPSA) is 75.7 Å². The van der Waals surface area contributed by atoms with Crippen LogP contribution < -0.4 is 25.0 Å². The highest BCUT2D eigenvalue weighted by molar-refractivity contribution is 5.89. The van der Waals surface area contributed by atoms with Crippen LogP contribution >= 0.6 is 0 Å². The van der Waals surface area contributed by atoms with E-state index in [2.05, 4.69) is 20.5 Å². The van der Waals surface area contributed by atoms with Crippen molar-refractivity contribution in [3.05, 3.63) is 42.6 Å². The van der Waals surface area contributed by atoms with Crippen molar-refractivity contribution in [1.82, 2.24) is 10.3 Å². The molecule has 0 radical (unpaired) electrons. The lowest BCUT2D eigenvalue weighted by Gasteiger charge is -2.32. The number of nitrogens with zero attached hydrogens (tertiary/aromatic N) is 2. The molecule has 2 aliphatic rings. The maximum Gasteiger partial charge on any atom is 0.319 e. The molecule has 26 heavy (non-hydrogen) atoms. The van der Waals surface area contributed by atoms with Crippen LogP contribution in [0.5, 0.6) is 11.5 Å². The number of anilines is 2. The number of ether oxygens (including phenoxy) is 2. The molecule has 4 rings (SSSR count). The van der Waals surface area contributed by atoms with Gasteiger partial charge in [-0.15, -0.1) is 0 Å². The number of fused-ring (bicyclic) bond motifs is 1. The van der Waals surface area contributed by atoms with Gasteiger partial charge < -0.3 is 25.0 Å². The highest BCUT2D eigenvalue weighted by atomic mass is 16.7. The van der Waals surface area contributed by atoms with E-state index in [1.54, 1.807) is 18.2 Å². The molecule has 0 aliphatic carbocycles. The first-order chi connectivity index (χ1) is 12.8. The summed E-state index contributed by atoms with van der Waals surface area (Å²) < 4.78 is 10.6. The molecule has 0 atom stereocenters. The van der Waals surface area contributed by atoms with Gasteiger partial charge in [-0.2, -0.15) is 0 Å². The molecule has 2 N–H and O–H groups in total. The van der Waals surface area contributed by atoms with E-state index in [1.807, 2.05) is 24.4 Å². The molecule has 0 saturated carbocycles. The van der Waals surface area contributed by atoms with Crippen LogP contribution in [-0.4, -0.2) is 37.4 Å². The summed E-state index contributed by atoms with van der Waals surface area (Å²) in [6.07, 6.45) is 3.91. The summed E-state index contributed by atoms with van der Waals surface area (Å²) in [6, 6.07) is 11.2. The number of carbonyl (C=O) groups is 1. The van der Waals surface area contributed by atoms with Crippen molar-refractivity contribution in [2.24, 2.45) is 5.92 Å². The van der Waals surface area contributed by atoms with Crippen LogP contribution in [0.2, 0.25) is 0 Å². The van der Waals surface area contributed by atoms with Crippen LogP contribution in [0.25, 0.3) is 0 Å². The molecule has 0 bridgehead atoms. The molecular formula is C19H22N4O3. The summed E-state index contributed by atoms with van der Waals surface area (Å²) in [4.78, 5) is 18.8. The molecule has 2 aromatic rings. The lowest BCUT2D eigenvalue weighted by atomic mass is 9.97. The fraction of sp³-hybridized carbons (Fsp3) is 0.368. The molecule has 1 aromatic carbocycles. The number of urea groups is 1. The number of benzene rings is 1. The van der Waals surface area contributed by atoms with Gasteiger partial charge >= 0.3 is 6.03 Å². The van der Waals surface area contributed by atoms with E-state index in [0.717, 1.165) is 31.7 Å². The Balaban J connectivity index is 1.22. The van der Waals surface area contributed by atoms with Crippen LogP contribution in [0.3, 0.4) is 0 Å². The normalized spacial score (nSPS) is 16.4. The highest BCUT2D eigenvalue weighted by Crippen LogP contribution is 2.34. The summed E-state index contributed by atoms with van der Waals surface area (Å²) >= 11 is 0. The molecule has 7 heteroatoms. The smallest absolute Gasteiger partial charge is 0.319 e. The van der Waals surface area contributed by atoms with E-state index in [9.17, 15) is 4.79 Å². The number of hydrogen-bond acceptors (Lipinski definition) is 5. The number of hydrogen-bond donors (Lipinski definition) is 2. The summed E-state index contributed by atoms with van der Waals surface area (Å²) in [6.45, 7) is 2.83. The van der Waals surface area contributed by atoms with Crippen LogP contribution in [-0.2, 0) is 0 Å². The van der Waals surface area contributed by atoms with Crippen LogP contribution in [0, 0.1) is 5.92 Å². The first-order valence-corrected chi connectivity index (χ1v) is 8.88. The van der Waals surface area contributed by atoms with Crippen molar-refractivity contribution >= 4 is 17.5 Å². The lowest BCUT2D eigenvalue weighted by molar-refractivity contribution is 0.174. The number of pyridine rings is 1. The molecule has 1 aromatic heterocycles. The number of amides is 2. The molecular weight excluding hydrogens is 332 g/mol. The molecule has 136 valence electrons. The largest absolute Gasteiger partial charge is 0.454 e. The second kappa shape index (κ2) is 7.51. The minimum absolute atomic E-state index is 0.198. The second-order valence-electron chi connectivity index (χ2n) is 6.52. The van der Waals surface area contributed by atoms with Gasteiger partial charge in [-0.25, -0.2) is 9.78 Å². The Hall–Kier alpha value is -2.96. The van der Waals surface area contributed by atoms with E-state index >= 15 is 0 Å². The zero-order valence-electron chi connectivity index (χ0n) is 14.5. The predicted molar refractivity (Wildman–Crippen MR) is 98.8 cm³/mol. The van der Waals surface area contributed by atoms with Crippen molar-refractivity contribution in [2.45, 2.75) is 12.8 Å². The fourth-order valence-corrected chi connectivity index (χ4v) is 3.29. The van der Waals surface area contributed by atoms with E-state index in [-0.39, 0.29) is 12.8 Å². The van der Waals surface area contributed by atoms with Gasteiger partial charge in [0.15, 0.2) is 11.5 Å². The van der Waals surface area contributed by atoms with Gasteiger partial charge in [0, 0.05) is 37.6 Å². The Bertz CT molecular complexity index is 761. The summed E-state index contributed by atoms with van der Waals surface area (Å²) in [5.74, 6) is 2.87. The first kappa shape index (κ1) is 16.5. The average molecular weight is 354 g/mol. The Morgan fingerprint density at radius 3 is 2.81 bits per heavy atom. The maximum absolute atomic E-state index is 12.1. The standard InChI is InChI=1S/C19H22N4O3/c24-19(22-15-4-5-16-17(11-15)26-13-25-16)21-12-14-6-9-23(10-7-14)18-3-1-2-8-20-18/h1-5,8,11,14H,6-7,9-10,12-13H2,(H2,21,22,24). The summed E-state index contributed by atoms with van der Waals surface area (Å²) in [5, 5.41) is 5.81. The molecule has 3 heterocycles. The highest BCUT2D eigenvalue weighted by Gasteiger charge is 2.20. The number of carbonyl (C=O) groups excluding carboxylic acids is 1. The van der Waals surface area contributed by atoms with E-state index in [1.165, 1.54) is 0 Å². The Labute approximate surface area is 152 Å². The van der Waals surface area contributed by atoms with E-state index < -0.39 is 0 Å². The second-order valence-corrected chi connectivity index (χ2v) is 6.52. The van der Waals surface area contributed by atoms with Crippen molar-refractivity contribution in [3.63, 3.8) is 0 Å². The molecule has 1 fully saturated rings. The average Bonchev–Trinajstić information content (AvgIpc) is 3.15. The third kappa shape index (κ3) is 3.82. The van der Waals surface area contributed by atoms with Crippen molar-refractivity contribution in [1.29, 1.82) is 0 Å². The Morgan fingerprint density at radius 2 is 2.00 bits per heavy atom. The quantitative estimate of drug-likeness (QED) is 0.883. The van der Waals surface area contributed by atoms with E-state index in [4.69, 9.17) is 9.47 Å². The Morgan fingerprint density at radius 1 is 1.15 bits per heavy atom. The molecule has 0 spiro atoms. The SMILES string of the molecule is O=C(NCC1CCN(c2ccccn2)CC1)Nc1ccc2c(c1)OCO2. The Kier molecular flexibility index (Phi) is 4.77. The minimum Gasteiger partial charge on any atom is -0.454 e. The fourth-order valence-electron chi connectivity index (χ4n) is 3.29. The van der Waals surface area contributed by atoms with Crippen molar-refractivity contribution in [3.8, 4) is 11.5 Å². The van der Waals surface area contributed by atoms with Gasteiger partial charge in [-0.3, -0.25) is 0 Å². The van der Waals surface area contributed by atoms with Gasteiger partial charge in [0.2, 0.25) is 6.79 Å². The molecule has 7 nitrogen and oxygen atoms in total. The number of nitrogens with one attached hydrogen (secondary N) is 2. The first-order valence-electron chi connectivity index (χ1n) is 8.88. The van der Waals surface area contributed by atoms with Crippen LogP contribution in [0.4, 0.5) is 16.3 Å². The number of rotatable bonds is 4. The maximum atomic E-state index is 12.1. The van der Waals surface area contributed by atoms with Gasteiger partial charge in [0.25, 0.3) is 0 Å². The molecule has 2 amide bonds. The number of piperidine rings is 1. The third-order valence-corrected chi connectivity index (χ3v) is 4.77. The van der Waals surface area contributed by atoms with E-state index in [0.29, 0.717) is 29.6 Å². The van der Waals surface area contributed by atoms with Gasteiger partial charge in [0.1, 0.15) is 5.82 Å². The third-order valence-electron chi connectivity index (χ3n) is 4.77. The molecule has 2 aliphatic heterocycles. The minimum atomic E-state index is -0.198. The van der Waals surface area contributed by atoms with Gasteiger partial charge in [0.05, 0.1) is 0 Å². The zero-order chi connectivity index (χ0) is 17.8. The monoisotopic (exact) mass is 354 g/mol. The van der Waals surface area contributed by atoms with Crippen molar-refractivity contribution < 1.29 is 14.3 Å². The van der Waals surface area contributed by atoms with Gasteiger partial charge in [-0.1, -0.05) is 6.07 Å². The molecule has 1 saturated heterocycles. The number of aromatic nitrogens is 1. The van der Waals surface area contributed by atoms with Crippen LogP contribution in [0.1, 0.15) is 12.8 Å².